The number of aromatic nitrogens is 5. The van der Waals surface area contributed by atoms with E-state index in [0.29, 0.717) is 16.3 Å². The van der Waals surface area contributed by atoms with E-state index in [0.717, 1.165) is 11.1 Å². The van der Waals surface area contributed by atoms with Gasteiger partial charge < -0.3 is 4.74 Å². The summed E-state index contributed by atoms with van der Waals surface area (Å²) in [6.45, 7) is 4.21. The van der Waals surface area contributed by atoms with Crippen LogP contribution < -0.4 is 10.1 Å². The van der Waals surface area contributed by atoms with Crippen molar-refractivity contribution in [2.75, 3.05) is 5.32 Å². The first-order valence-electron chi connectivity index (χ1n) is 9.86. The van der Waals surface area contributed by atoms with Gasteiger partial charge in [0.1, 0.15) is 17.9 Å². The van der Waals surface area contributed by atoms with Gasteiger partial charge in [-0.05, 0) is 60.9 Å². The molecule has 0 fully saturated rings. The molecule has 0 aliphatic rings. The average Bonchev–Trinajstić information content (AvgIpc) is 3.42. The van der Waals surface area contributed by atoms with E-state index in [2.05, 4.69) is 20.5 Å². The smallest absolute Gasteiger partial charge is 0.278 e. The molecule has 2 heterocycles. The van der Waals surface area contributed by atoms with E-state index >= 15 is 0 Å². The minimum Gasteiger partial charge on any atom is -0.471 e. The molecule has 4 aromatic rings. The van der Waals surface area contributed by atoms with Crippen molar-refractivity contribution in [3.05, 3.63) is 87.2 Å². The number of amides is 1. The molecule has 8 nitrogen and oxygen atoms in total. The van der Waals surface area contributed by atoms with Crippen LogP contribution in [0.5, 0.6) is 5.75 Å². The van der Waals surface area contributed by atoms with Gasteiger partial charge in [-0.1, -0.05) is 29.3 Å². The summed E-state index contributed by atoms with van der Waals surface area (Å²) in [7, 11) is 0. The topological polar surface area (TPSA) is 86.9 Å². The normalized spacial score (nSPS) is 10.9. The quantitative estimate of drug-likeness (QED) is 0.400. The van der Waals surface area contributed by atoms with Gasteiger partial charge in [0.15, 0.2) is 12.4 Å². The summed E-state index contributed by atoms with van der Waals surface area (Å²) in [5.41, 5.74) is 2.69. The van der Waals surface area contributed by atoms with Gasteiger partial charge >= 0.3 is 0 Å². The van der Waals surface area contributed by atoms with Crippen molar-refractivity contribution in [1.82, 2.24) is 24.5 Å². The highest BCUT2D eigenvalue weighted by atomic mass is 35.5. The zero-order valence-electron chi connectivity index (χ0n) is 17.7. The lowest BCUT2D eigenvalue weighted by atomic mass is 10.1. The standard InChI is InChI=1S/C22H19Cl2FN6O2/c1-13-7-17(8-14(2)20(13)24)33-12-30-6-5-19(28-30)21(32)27-22-26-11-31(29-22)10-15-3-4-16(25)9-18(15)23/h3-9,11H,10,12H2,1-2H3,(H,27,29,32). The van der Waals surface area contributed by atoms with Crippen molar-refractivity contribution >= 4 is 35.1 Å². The van der Waals surface area contributed by atoms with Crippen LogP contribution in [0, 0.1) is 19.7 Å². The monoisotopic (exact) mass is 488 g/mol. The summed E-state index contributed by atoms with van der Waals surface area (Å²) in [4.78, 5) is 16.6. The molecule has 0 aliphatic carbocycles. The van der Waals surface area contributed by atoms with Gasteiger partial charge in [-0.15, -0.1) is 5.10 Å². The molecular weight excluding hydrogens is 470 g/mol. The first kappa shape index (κ1) is 22.8. The Bertz CT molecular complexity index is 1300. The molecule has 0 spiro atoms. The second-order valence-corrected chi connectivity index (χ2v) is 8.13. The number of benzene rings is 2. The molecule has 33 heavy (non-hydrogen) atoms. The third-order valence-electron chi connectivity index (χ3n) is 4.76. The van der Waals surface area contributed by atoms with E-state index in [4.69, 9.17) is 27.9 Å². The molecule has 11 heteroatoms. The number of anilines is 1. The van der Waals surface area contributed by atoms with Crippen molar-refractivity contribution in [2.24, 2.45) is 0 Å². The predicted molar refractivity (Wildman–Crippen MR) is 122 cm³/mol. The fourth-order valence-corrected chi connectivity index (χ4v) is 3.44. The maximum absolute atomic E-state index is 13.2. The largest absolute Gasteiger partial charge is 0.471 e. The third kappa shape index (κ3) is 5.50. The van der Waals surface area contributed by atoms with Gasteiger partial charge in [-0.25, -0.2) is 18.7 Å². The molecule has 2 aromatic carbocycles. The van der Waals surface area contributed by atoms with Crippen molar-refractivity contribution in [2.45, 2.75) is 27.1 Å². The number of carbonyl (C=O) groups excluding carboxylic acids is 1. The Kier molecular flexibility index (Phi) is 6.62. The molecule has 0 saturated carbocycles. The molecule has 0 radical (unpaired) electrons. The Balaban J connectivity index is 1.35. The third-order valence-corrected chi connectivity index (χ3v) is 5.70. The molecular formula is C22H19Cl2FN6O2. The van der Waals surface area contributed by atoms with E-state index in [1.807, 2.05) is 26.0 Å². The van der Waals surface area contributed by atoms with E-state index in [-0.39, 0.29) is 29.9 Å². The van der Waals surface area contributed by atoms with E-state index in [9.17, 15) is 9.18 Å². The lowest BCUT2D eigenvalue weighted by Gasteiger charge is -2.10. The highest BCUT2D eigenvalue weighted by Gasteiger charge is 2.13. The van der Waals surface area contributed by atoms with Gasteiger partial charge in [0, 0.05) is 16.2 Å². The Labute approximate surface area is 198 Å². The first-order chi connectivity index (χ1) is 15.8. The summed E-state index contributed by atoms with van der Waals surface area (Å²) >= 11 is 12.2. The van der Waals surface area contributed by atoms with Crippen LogP contribution in [0.1, 0.15) is 27.2 Å². The number of ether oxygens (including phenoxy) is 1. The van der Waals surface area contributed by atoms with Gasteiger partial charge in [-0.3, -0.25) is 10.1 Å². The van der Waals surface area contributed by atoms with Crippen LogP contribution in [0.2, 0.25) is 10.0 Å². The first-order valence-corrected chi connectivity index (χ1v) is 10.6. The Morgan fingerprint density at radius 2 is 1.85 bits per heavy atom. The Morgan fingerprint density at radius 3 is 2.58 bits per heavy atom. The van der Waals surface area contributed by atoms with Crippen molar-refractivity contribution in [1.29, 1.82) is 0 Å². The molecule has 170 valence electrons. The molecule has 2 aromatic heterocycles. The molecule has 0 saturated heterocycles. The number of rotatable bonds is 7. The van der Waals surface area contributed by atoms with Crippen molar-refractivity contribution < 1.29 is 13.9 Å². The van der Waals surface area contributed by atoms with Crippen LogP contribution in [0.4, 0.5) is 10.3 Å². The van der Waals surface area contributed by atoms with Gasteiger partial charge in [-0.2, -0.15) is 5.10 Å². The number of aryl methyl sites for hydroxylation is 2. The maximum Gasteiger partial charge on any atom is 0.278 e. The van der Waals surface area contributed by atoms with Gasteiger partial charge in [0.25, 0.3) is 5.91 Å². The zero-order valence-corrected chi connectivity index (χ0v) is 19.2. The number of halogens is 3. The SMILES string of the molecule is Cc1cc(OCn2ccc(C(=O)Nc3ncn(Cc4ccc(F)cc4Cl)n3)n2)cc(C)c1Cl. The van der Waals surface area contributed by atoms with Crippen LogP contribution >= 0.6 is 23.2 Å². The van der Waals surface area contributed by atoms with Gasteiger partial charge in [0.2, 0.25) is 5.95 Å². The predicted octanol–water partition coefficient (Wildman–Crippen LogP) is 4.87. The highest BCUT2D eigenvalue weighted by molar-refractivity contribution is 6.32. The second kappa shape index (κ2) is 9.60. The van der Waals surface area contributed by atoms with Crippen LogP contribution in [-0.2, 0) is 13.3 Å². The number of nitrogens with one attached hydrogen (secondary N) is 1. The maximum atomic E-state index is 13.2. The van der Waals surface area contributed by atoms with Crippen LogP contribution in [-0.4, -0.2) is 30.5 Å². The van der Waals surface area contributed by atoms with Crippen LogP contribution in [0.15, 0.2) is 48.9 Å². The minimum atomic E-state index is -0.468. The summed E-state index contributed by atoms with van der Waals surface area (Å²) in [5.74, 6) is -0.119. The van der Waals surface area contributed by atoms with E-state index in [1.165, 1.54) is 27.8 Å². The number of nitrogens with zero attached hydrogens (tertiary/aromatic N) is 5. The zero-order chi connectivity index (χ0) is 23.5. The van der Waals surface area contributed by atoms with Crippen LogP contribution in [0.3, 0.4) is 0 Å². The number of hydrogen-bond acceptors (Lipinski definition) is 5. The molecule has 0 aliphatic heterocycles. The summed E-state index contributed by atoms with van der Waals surface area (Å²) in [6, 6.07) is 9.36. The number of hydrogen-bond donors (Lipinski definition) is 1. The summed E-state index contributed by atoms with van der Waals surface area (Å²) in [5, 5.41) is 12.0. The molecule has 0 atom stereocenters. The van der Waals surface area contributed by atoms with Gasteiger partial charge in [0.05, 0.1) is 6.54 Å². The lowest BCUT2D eigenvalue weighted by molar-refractivity contribution is 0.101. The van der Waals surface area contributed by atoms with Crippen LogP contribution in [0.25, 0.3) is 0 Å². The fraction of sp³-hybridized carbons (Fsp3) is 0.182. The molecule has 1 N–H and O–H groups in total. The Morgan fingerprint density at radius 1 is 1.09 bits per heavy atom. The second-order valence-electron chi connectivity index (χ2n) is 7.34. The molecule has 1 amide bonds. The average molecular weight is 489 g/mol. The summed E-state index contributed by atoms with van der Waals surface area (Å²) < 4.78 is 21.9. The Hall–Kier alpha value is -3.43. The van der Waals surface area contributed by atoms with E-state index < -0.39 is 11.7 Å². The molecule has 0 bridgehead atoms. The lowest BCUT2D eigenvalue weighted by Crippen LogP contribution is -2.15. The summed E-state index contributed by atoms with van der Waals surface area (Å²) in [6.07, 6.45) is 3.07. The van der Waals surface area contributed by atoms with Crippen molar-refractivity contribution in [3.63, 3.8) is 0 Å². The van der Waals surface area contributed by atoms with Crippen molar-refractivity contribution in [3.8, 4) is 5.75 Å². The molecule has 0 unspecified atom stereocenters. The van der Waals surface area contributed by atoms with E-state index in [1.54, 1.807) is 18.3 Å². The minimum absolute atomic E-state index is 0.108. The fourth-order valence-electron chi connectivity index (χ4n) is 3.10. The number of carbonyl (C=O) groups is 1. The highest BCUT2D eigenvalue weighted by Crippen LogP contribution is 2.26. The molecule has 4 rings (SSSR count).